The highest BCUT2D eigenvalue weighted by atomic mass is 19.4. The van der Waals surface area contributed by atoms with Gasteiger partial charge in [-0.3, -0.25) is 0 Å². The molecule has 6 rings (SSSR count). The standard InChI is InChI=1S/C33H24F3N3O/c1-22-9-8-10-23(19-22)21-40-27-17-15-24(16-18-27)29-20-28(33(34,35)36)30-31(25-11-4-2-5-12-25)38-39(32(30)37-29)26-13-6-3-7-14-26/h2-20H,21H2,1H3. The molecule has 2 aromatic heterocycles. The lowest BCUT2D eigenvalue weighted by atomic mass is 10.0. The second-order valence-electron chi connectivity index (χ2n) is 9.52. The highest BCUT2D eigenvalue weighted by Gasteiger charge is 2.36. The summed E-state index contributed by atoms with van der Waals surface area (Å²) < 4.78 is 51.2. The van der Waals surface area contributed by atoms with Crippen LogP contribution in [0, 0.1) is 6.92 Å². The lowest BCUT2D eigenvalue weighted by molar-refractivity contribution is -0.136. The lowest BCUT2D eigenvalue weighted by Gasteiger charge is -2.13. The van der Waals surface area contributed by atoms with Crippen molar-refractivity contribution in [3.63, 3.8) is 0 Å². The van der Waals surface area contributed by atoms with Gasteiger partial charge in [0.2, 0.25) is 0 Å². The van der Waals surface area contributed by atoms with E-state index in [-0.39, 0.29) is 22.4 Å². The number of hydrogen-bond donors (Lipinski definition) is 0. The quantitative estimate of drug-likeness (QED) is 0.214. The molecule has 4 nitrogen and oxygen atoms in total. The number of rotatable bonds is 6. The second kappa shape index (κ2) is 10.3. The molecule has 0 fully saturated rings. The van der Waals surface area contributed by atoms with Gasteiger partial charge in [0.05, 0.1) is 22.3 Å². The van der Waals surface area contributed by atoms with E-state index in [9.17, 15) is 13.2 Å². The molecule has 40 heavy (non-hydrogen) atoms. The van der Waals surface area contributed by atoms with Crippen molar-refractivity contribution in [3.8, 4) is 34.0 Å². The highest BCUT2D eigenvalue weighted by Crippen LogP contribution is 2.41. The molecular formula is C33H24F3N3O. The largest absolute Gasteiger partial charge is 0.489 e. The number of para-hydroxylation sites is 1. The van der Waals surface area contributed by atoms with Crippen molar-refractivity contribution >= 4 is 11.0 Å². The van der Waals surface area contributed by atoms with Gasteiger partial charge in [0, 0.05) is 11.1 Å². The fourth-order valence-electron chi connectivity index (χ4n) is 4.72. The first-order valence-corrected chi connectivity index (χ1v) is 12.8. The summed E-state index contributed by atoms with van der Waals surface area (Å²) in [5.74, 6) is 0.614. The van der Waals surface area contributed by atoms with Crippen molar-refractivity contribution in [2.45, 2.75) is 19.7 Å². The molecule has 6 aromatic rings. The maximum Gasteiger partial charge on any atom is 0.417 e. The van der Waals surface area contributed by atoms with E-state index in [0.717, 1.165) is 17.2 Å². The number of ether oxygens (including phenoxy) is 1. The molecule has 0 aliphatic carbocycles. The molecule has 0 atom stereocenters. The molecular weight excluding hydrogens is 511 g/mol. The van der Waals surface area contributed by atoms with Crippen molar-refractivity contribution in [2.24, 2.45) is 0 Å². The van der Waals surface area contributed by atoms with E-state index in [1.165, 1.54) is 4.68 Å². The van der Waals surface area contributed by atoms with Crippen LogP contribution in [-0.2, 0) is 12.8 Å². The number of hydrogen-bond acceptors (Lipinski definition) is 3. The Morgan fingerprint density at radius 1 is 0.750 bits per heavy atom. The predicted octanol–water partition coefficient (Wildman–Crippen LogP) is 8.66. The minimum atomic E-state index is -4.62. The Kier molecular flexibility index (Phi) is 6.56. The Hall–Kier alpha value is -4.91. The number of fused-ring (bicyclic) bond motifs is 1. The molecule has 0 saturated carbocycles. The average molecular weight is 536 g/mol. The molecule has 0 N–H and O–H groups in total. The fraction of sp³-hybridized carbons (Fsp3) is 0.0909. The van der Waals surface area contributed by atoms with Gasteiger partial charge >= 0.3 is 6.18 Å². The first kappa shape index (κ1) is 25.4. The van der Waals surface area contributed by atoms with Crippen LogP contribution in [0.5, 0.6) is 5.75 Å². The van der Waals surface area contributed by atoms with Crippen LogP contribution in [0.15, 0.2) is 115 Å². The number of alkyl halides is 3. The van der Waals surface area contributed by atoms with Gasteiger partial charge in [-0.2, -0.15) is 18.3 Å². The summed E-state index contributed by atoms with van der Waals surface area (Å²) >= 11 is 0. The van der Waals surface area contributed by atoms with E-state index in [1.807, 2.05) is 55.5 Å². The molecule has 7 heteroatoms. The van der Waals surface area contributed by atoms with Crippen LogP contribution < -0.4 is 4.74 Å². The summed E-state index contributed by atoms with van der Waals surface area (Å²) in [5, 5.41) is 4.61. The van der Waals surface area contributed by atoms with Crippen molar-refractivity contribution < 1.29 is 17.9 Å². The van der Waals surface area contributed by atoms with Crippen LogP contribution >= 0.6 is 0 Å². The third-order valence-electron chi connectivity index (χ3n) is 6.63. The smallest absolute Gasteiger partial charge is 0.417 e. The number of benzene rings is 4. The Labute approximate surface area is 229 Å². The zero-order chi connectivity index (χ0) is 27.7. The minimum absolute atomic E-state index is 0.0376. The number of halogens is 3. The zero-order valence-electron chi connectivity index (χ0n) is 21.6. The SMILES string of the molecule is Cc1cccc(COc2ccc(-c3cc(C(F)(F)F)c4c(-c5ccccc5)nn(-c5ccccc5)c4n3)cc2)c1. The molecule has 0 amide bonds. The maximum atomic E-state index is 14.6. The van der Waals surface area contributed by atoms with Crippen LogP contribution in [0.1, 0.15) is 16.7 Å². The van der Waals surface area contributed by atoms with E-state index >= 15 is 0 Å². The number of pyridine rings is 1. The average Bonchev–Trinajstić information content (AvgIpc) is 3.36. The summed E-state index contributed by atoms with van der Waals surface area (Å²) in [6.45, 7) is 2.41. The van der Waals surface area contributed by atoms with E-state index in [2.05, 4.69) is 5.10 Å². The molecule has 4 aromatic carbocycles. The van der Waals surface area contributed by atoms with Gasteiger partial charge in [-0.05, 0) is 55.0 Å². The van der Waals surface area contributed by atoms with Gasteiger partial charge in [0.25, 0.3) is 0 Å². The van der Waals surface area contributed by atoms with Crippen molar-refractivity contribution in [2.75, 3.05) is 0 Å². The van der Waals surface area contributed by atoms with Gasteiger partial charge < -0.3 is 4.74 Å². The molecule has 0 saturated heterocycles. The molecule has 0 radical (unpaired) electrons. The van der Waals surface area contributed by atoms with Crippen LogP contribution in [0.4, 0.5) is 13.2 Å². The Bertz CT molecular complexity index is 1780. The van der Waals surface area contributed by atoms with Crippen LogP contribution in [0.3, 0.4) is 0 Å². The van der Waals surface area contributed by atoms with Crippen LogP contribution in [-0.4, -0.2) is 14.8 Å². The topological polar surface area (TPSA) is 39.9 Å². The minimum Gasteiger partial charge on any atom is -0.489 e. The summed E-state index contributed by atoms with van der Waals surface area (Å²) in [4.78, 5) is 4.73. The molecule has 2 heterocycles. The van der Waals surface area contributed by atoms with Crippen LogP contribution in [0.2, 0.25) is 0 Å². The molecule has 0 aliphatic rings. The fourth-order valence-corrected chi connectivity index (χ4v) is 4.72. The third-order valence-corrected chi connectivity index (χ3v) is 6.63. The van der Waals surface area contributed by atoms with E-state index in [1.54, 1.807) is 60.7 Å². The molecule has 0 unspecified atom stereocenters. The van der Waals surface area contributed by atoms with Gasteiger partial charge in [-0.15, -0.1) is 0 Å². The van der Waals surface area contributed by atoms with E-state index < -0.39 is 11.7 Å². The first-order valence-electron chi connectivity index (χ1n) is 12.8. The van der Waals surface area contributed by atoms with E-state index in [0.29, 0.717) is 29.2 Å². The Morgan fingerprint density at radius 3 is 2.12 bits per heavy atom. The zero-order valence-corrected chi connectivity index (χ0v) is 21.6. The van der Waals surface area contributed by atoms with Crippen LogP contribution in [0.25, 0.3) is 39.2 Å². The monoisotopic (exact) mass is 535 g/mol. The maximum absolute atomic E-state index is 14.6. The Balaban J connectivity index is 1.46. The van der Waals surface area contributed by atoms with E-state index in [4.69, 9.17) is 9.72 Å². The second-order valence-corrected chi connectivity index (χ2v) is 9.52. The summed E-state index contributed by atoms with van der Waals surface area (Å²) in [6, 6.07) is 34.0. The van der Waals surface area contributed by atoms with Crippen molar-refractivity contribution in [1.82, 2.24) is 14.8 Å². The first-order chi connectivity index (χ1) is 19.4. The third kappa shape index (κ3) is 5.06. The van der Waals surface area contributed by atoms with Gasteiger partial charge in [0.1, 0.15) is 18.1 Å². The van der Waals surface area contributed by atoms with Gasteiger partial charge in [-0.1, -0.05) is 78.4 Å². The molecule has 198 valence electrons. The predicted molar refractivity (Wildman–Crippen MR) is 150 cm³/mol. The number of nitrogens with zero attached hydrogens (tertiary/aromatic N) is 3. The molecule has 0 bridgehead atoms. The molecule has 0 spiro atoms. The highest BCUT2D eigenvalue weighted by molar-refractivity contribution is 5.96. The molecule has 0 aliphatic heterocycles. The summed E-state index contributed by atoms with van der Waals surface area (Å²) in [6.07, 6.45) is -4.62. The number of aryl methyl sites for hydroxylation is 1. The Morgan fingerprint density at radius 2 is 1.45 bits per heavy atom. The normalized spacial score (nSPS) is 11.6. The van der Waals surface area contributed by atoms with Crippen molar-refractivity contribution in [1.29, 1.82) is 0 Å². The van der Waals surface area contributed by atoms with Crippen molar-refractivity contribution in [3.05, 3.63) is 132 Å². The number of aromatic nitrogens is 3. The summed E-state index contributed by atoms with van der Waals surface area (Å²) in [7, 11) is 0. The van der Waals surface area contributed by atoms with Gasteiger partial charge in [-0.25, -0.2) is 9.67 Å². The van der Waals surface area contributed by atoms with Gasteiger partial charge in [0.15, 0.2) is 5.65 Å². The summed E-state index contributed by atoms with van der Waals surface area (Å²) in [5.41, 5.74) is 3.69. The lowest BCUT2D eigenvalue weighted by Crippen LogP contribution is -2.08.